The molecule has 0 rings (SSSR count). The molecule has 0 amide bonds. The SMILES string of the molecule is O=[N+]([O-])N=C=N[N+](=O)[O-]. The summed E-state index contributed by atoms with van der Waals surface area (Å²) in [6.07, 6.45) is 0. The second-order valence-corrected chi connectivity index (χ2v) is 0.776. The first-order valence-electron chi connectivity index (χ1n) is 1.58. The largest absolute Gasteiger partial charge is 0.252 e. The predicted molar refractivity (Wildman–Crippen MR) is 23.9 cm³/mol. The molecule has 0 aromatic heterocycles. The predicted octanol–water partition coefficient (Wildman–Crippen LogP) is -0.456. The normalized spacial score (nSPS) is 7.11. The minimum absolute atomic E-state index is 1.15. The van der Waals surface area contributed by atoms with Crippen molar-refractivity contribution in [3.8, 4) is 0 Å². The van der Waals surface area contributed by atoms with E-state index >= 15 is 0 Å². The van der Waals surface area contributed by atoms with Crippen LogP contribution in [0.5, 0.6) is 0 Å². The lowest BCUT2D eigenvalue weighted by atomic mass is 11.5. The maximum absolute atomic E-state index is 9.27. The van der Waals surface area contributed by atoms with Crippen molar-refractivity contribution in [2.75, 3.05) is 0 Å². The lowest BCUT2D eigenvalue weighted by Gasteiger charge is -1.65. The van der Waals surface area contributed by atoms with Crippen LogP contribution in [0.15, 0.2) is 10.2 Å². The Labute approximate surface area is 47.8 Å². The zero-order valence-electron chi connectivity index (χ0n) is 3.92. The highest BCUT2D eigenvalue weighted by Gasteiger charge is 1.85. The molecule has 8 nitrogen and oxygen atoms in total. The third-order valence-electron chi connectivity index (χ3n) is 0.253. The minimum Gasteiger partial charge on any atom is -0.232 e. The number of nitro groups is 2. The quantitative estimate of drug-likeness (QED) is 0.287. The van der Waals surface area contributed by atoms with E-state index < -0.39 is 10.1 Å². The van der Waals surface area contributed by atoms with Gasteiger partial charge in [0.15, 0.2) is 0 Å². The van der Waals surface area contributed by atoms with E-state index in [0.29, 0.717) is 0 Å². The lowest BCUT2D eigenvalue weighted by Crippen LogP contribution is -1.85. The van der Waals surface area contributed by atoms with Gasteiger partial charge in [-0.05, 0) is 0 Å². The summed E-state index contributed by atoms with van der Waals surface area (Å²) >= 11 is 0. The molecule has 0 saturated heterocycles. The Morgan fingerprint density at radius 2 is 1.44 bits per heavy atom. The molecule has 0 radical (unpaired) electrons. The molecular formula is CN4O4. The fourth-order valence-corrected chi connectivity index (χ4v) is 0.0930. The van der Waals surface area contributed by atoms with E-state index in [4.69, 9.17) is 0 Å². The molecule has 0 N–H and O–H groups in total. The molecular weight excluding hydrogens is 132 g/mol. The molecule has 0 fully saturated rings. The average molecular weight is 132 g/mol. The fourth-order valence-electron chi connectivity index (χ4n) is 0.0930. The molecule has 0 aromatic rings. The first kappa shape index (κ1) is 7.18. The second-order valence-electron chi connectivity index (χ2n) is 0.776. The summed E-state index contributed by atoms with van der Waals surface area (Å²) in [6.45, 7) is 0. The van der Waals surface area contributed by atoms with Gasteiger partial charge in [-0.1, -0.05) is 0 Å². The fraction of sp³-hybridized carbons (Fsp3) is 0. The third kappa shape index (κ3) is 6.18. The highest BCUT2D eigenvalue weighted by atomic mass is 16.7. The summed E-state index contributed by atoms with van der Waals surface area (Å²) in [5.74, 6) is 0. The van der Waals surface area contributed by atoms with Gasteiger partial charge in [0.2, 0.25) is 10.1 Å². The van der Waals surface area contributed by atoms with Crippen molar-refractivity contribution >= 4 is 6.01 Å². The van der Waals surface area contributed by atoms with Crippen LogP contribution in [0.4, 0.5) is 0 Å². The average Bonchev–Trinajstić information content (AvgIpc) is 1.63. The van der Waals surface area contributed by atoms with Gasteiger partial charge < -0.3 is 0 Å². The highest BCUT2D eigenvalue weighted by Crippen LogP contribution is 1.65. The topological polar surface area (TPSA) is 111 Å². The van der Waals surface area contributed by atoms with Gasteiger partial charge in [-0.2, -0.15) is 0 Å². The van der Waals surface area contributed by atoms with Crippen molar-refractivity contribution < 1.29 is 10.1 Å². The maximum Gasteiger partial charge on any atom is 0.252 e. The highest BCUT2D eigenvalue weighted by molar-refractivity contribution is 5.38. The Morgan fingerprint density at radius 3 is 1.67 bits per heavy atom. The summed E-state index contributed by atoms with van der Waals surface area (Å²) in [6, 6.07) is 1.24. The first-order chi connectivity index (χ1) is 4.13. The van der Waals surface area contributed by atoms with Crippen LogP contribution in [0.1, 0.15) is 0 Å². The summed E-state index contributed by atoms with van der Waals surface area (Å²) < 4.78 is 0. The van der Waals surface area contributed by atoms with Crippen molar-refractivity contribution in [2.45, 2.75) is 0 Å². The monoisotopic (exact) mass is 132 g/mol. The zero-order chi connectivity index (χ0) is 7.28. The van der Waals surface area contributed by atoms with Gasteiger partial charge in [0.25, 0.3) is 6.01 Å². The van der Waals surface area contributed by atoms with Gasteiger partial charge in [-0.15, -0.1) is 0 Å². The van der Waals surface area contributed by atoms with E-state index in [2.05, 4.69) is 10.2 Å². The van der Waals surface area contributed by atoms with Crippen molar-refractivity contribution in [1.29, 1.82) is 0 Å². The molecule has 0 aromatic carbocycles. The molecule has 0 unspecified atom stereocenters. The van der Waals surface area contributed by atoms with Crippen LogP contribution in [0.3, 0.4) is 0 Å². The molecule has 0 aliphatic rings. The van der Waals surface area contributed by atoms with E-state index in [9.17, 15) is 20.2 Å². The van der Waals surface area contributed by atoms with Gasteiger partial charge in [-0.3, -0.25) is 0 Å². The van der Waals surface area contributed by atoms with Gasteiger partial charge in [0, 0.05) is 0 Å². The number of hydrazone groups is 2. The Hall–Kier alpha value is -1.82. The van der Waals surface area contributed by atoms with Gasteiger partial charge >= 0.3 is 0 Å². The Morgan fingerprint density at radius 1 is 1.11 bits per heavy atom. The van der Waals surface area contributed by atoms with Crippen LogP contribution in [-0.2, 0) is 0 Å². The molecule has 0 saturated carbocycles. The standard InChI is InChI=1S/CN4O4/c6-4(7)2-1-3-5(8)9. The molecule has 0 atom stereocenters. The zero-order valence-corrected chi connectivity index (χ0v) is 3.92. The second kappa shape index (κ2) is 3.22. The van der Waals surface area contributed by atoms with Gasteiger partial charge in [0.05, 0.1) is 0 Å². The van der Waals surface area contributed by atoms with Crippen molar-refractivity contribution in [1.82, 2.24) is 0 Å². The number of nitrogens with zero attached hydrogens (tertiary/aromatic N) is 4. The van der Waals surface area contributed by atoms with E-state index in [0.717, 1.165) is 0 Å². The molecule has 0 heterocycles. The van der Waals surface area contributed by atoms with E-state index in [-0.39, 0.29) is 0 Å². The van der Waals surface area contributed by atoms with Crippen LogP contribution in [0.25, 0.3) is 0 Å². The van der Waals surface area contributed by atoms with Crippen LogP contribution in [-0.4, -0.2) is 16.1 Å². The molecule has 48 valence electrons. The molecule has 0 aliphatic carbocycles. The van der Waals surface area contributed by atoms with Gasteiger partial charge in [0.1, 0.15) is 10.2 Å². The van der Waals surface area contributed by atoms with E-state index in [1.54, 1.807) is 0 Å². The molecule has 8 heteroatoms. The minimum atomic E-state index is -1.15. The summed E-state index contributed by atoms with van der Waals surface area (Å²) in [5.41, 5.74) is 0. The maximum atomic E-state index is 9.27. The lowest BCUT2D eigenvalue weighted by molar-refractivity contribution is -0.493. The molecule has 0 spiro atoms. The van der Waals surface area contributed by atoms with Crippen molar-refractivity contribution in [3.05, 3.63) is 20.2 Å². The van der Waals surface area contributed by atoms with Crippen molar-refractivity contribution in [2.24, 2.45) is 10.2 Å². The Kier molecular flexibility index (Phi) is 2.57. The van der Waals surface area contributed by atoms with Crippen LogP contribution in [0.2, 0.25) is 0 Å². The first-order valence-corrected chi connectivity index (χ1v) is 1.58. The summed E-state index contributed by atoms with van der Waals surface area (Å²) in [4.78, 5) is 18.5. The summed E-state index contributed by atoms with van der Waals surface area (Å²) in [7, 11) is 0. The molecule has 0 bridgehead atoms. The Balaban J connectivity index is 3.97. The van der Waals surface area contributed by atoms with Crippen LogP contribution < -0.4 is 0 Å². The van der Waals surface area contributed by atoms with Crippen LogP contribution in [0, 0.1) is 20.2 Å². The number of rotatable bonds is 2. The van der Waals surface area contributed by atoms with Crippen LogP contribution >= 0.6 is 0 Å². The molecule has 9 heavy (non-hydrogen) atoms. The van der Waals surface area contributed by atoms with E-state index in [1.165, 1.54) is 6.01 Å². The van der Waals surface area contributed by atoms with Gasteiger partial charge in [-0.25, -0.2) is 20.2 Å². The summed E-state index contributed by atoms with van der Waals surface area (Å²) in [5, 5.41) is 20.7. The van der Waals surface area contributed by atoms with Crippen molar-refractivity contribution in [3.63, 3.8) is 0 Å². The smallest absolute Gasteiger partial charge is 0.232 e. The number of hydrogen-bond acceptors (Lipinski definition) is 4. The number of hydrogen-bond donors (Lipinski definition) is 0. The third-order valence-corrected chi connectivity index (χ3v) is 0.253. The molecule has 0 aliphatic heterocycles. The van der Waals surface area contributed by atoms with E-state index in [1.807, 2.05) is 0 Å². The Bertz CT molecular complexity index is 171.